The number of amides is 1. The van der Waals surface area contributed by atoms with E-state index in [4.69, 9.17) is 0 Å². The highest BCUT2D eigenvalue weighted by Gasteiger charge is 2.24. The third-order valence-corrected chi connectivity index (χ3v) is 4.78. The third kappa shape index (κ3) is 3.48. The Balaban J connectivity index is 1.54. The number of hydrogen-bond donors (Lipinski definition) is 1. The summed E-state index contributed by atoms with van der Waals surface area (Å²) in [5, 5.41) is 22.7. The number of carbonyl (C=O) groups is 1. The molecular weight excluding hydrogens is 344 g/mol. The highest BCUT2D eigenvalue weighted by Crippen LogP contribution is 2.21. The van der Waals surface area contributed by atoms with Gasteiger partial charge in [0.25, 0.3) is 5.91 Å². The van der Waals surface area contributed by atoms with Crippen LogP contribution in [-0.2, 0) is 13.1 Å². The zero-order valence-corrected chi connectivity index (χ0v) is 15.2. The molecule has 2 aromatic heterocycles. The molecule has 8 nitrogen and oxygen atoms in total. The maximum Gasteiger partial charge on any atom is 0.276 e. The average molecular weight is 366 g/mol. The predicted octanol–water partition coefficient (Wildman–Crippen LogP) is 1.95. The van der Waals surface area contributed by atoms with E-state index in [2.05, 4.69) is 15.4 Å². The van der Waals surface area contributed by atoms with Gasteiger partial charge in [0.1, 0.15) is 0 Å². The van der Waals surface area contributed by atoms with Gasteiger partial charge < -0.3 is 10.0 Å². The number of aryl methyl sites for hydroxylation is 1. The molecular formula is C19H22N6O2. The zero-order valence-electron chi connectivity index (χ0n) is 15.2. The first kappa shape index (κ1) is 17.4. The Hall–Kier alpha value is -3.00. The van der Waals surface area contributed by atoms with Crippen LogP contribution in [0.3, 0.4) is 0 Å². The summed E-state index contributed by atoms with van der Waals surface area (Å²) in [5.41, 5.74) is 2.77. The summed E-state index contributed by atoms with van der Waals surface area (Å²) in [7, 11) is 0. The first-order chi connectivity index (χ1) is 13.2. The molecule has 3 heterocycles. The second kappa shape index (κ2) is 7.32. The molecule has 0 radical (unpaired) electrons. The monoisotopic (exact) mass is 366 g/mol. The summed E-state index contributed by atoms with van der Waals surface area (Å²) >= 11 is 0. The van der Waals surface area contributed by atoms with Crippen LogP contribution in [0.4, 0.5) is 0 Å². The van der Waals surface area contributed by atoms with Gasteiger partial charge in [0.05, 0.1) is 35.9 Å². The molecule has 140 valence electrons. The lowest BCUT2D eigenvalue weighted by Gasteiger charge is -2.18. The normalized spacial score (nSPS) is 15.3. The summed E-state index contributed by atoms with van der Waals surface area (Å²) in [4.78, 5) is 14.7. The summed E-state index contributed by atoms with van der Waals surface area (Å²) in [6.07, 6.45) is 2.50. The van der Waals surface area contributed by atoms with E-state index in [1.165, 1.54) is 0 Å². The molecule has 1 aromatic carbocycles. The van der Waals surface area contributed by atoms with Crippen LogP contribution >= 0.6 is 0 Å². The Kier molecular flexibility index (Phi) is 4.72. The van der Waals surface area contributed by atoms with E-state index in [0.29, 0.717) is 30.9 Å². The fourth-order valence-corrected chi connectivity index (χ4v) is 3.26. The number of rotatable bonds is 4. The van der Waals surface area contributed by atoms with Crippen LogP contribution in [0.5, 0.6) is 0 Å². The molecule has 0 saturated heterocycles. The third-order valence-electron chi connectivity index (χ3n) is 4.78. The predicted molar refractivity (Wildman–Crippen MR) is 98.2 cm³/mol. The molecule has 0 fully saturated rings. The first-order valence-electron chi connectivity index (χ1n) is 9.17. The Morgan fingerprint density at radius 3 is 2.85 bits per heavy atom. The SMILES string of the molecule is CCC(O)c1cc2n(n1)CCCN(C(=O)c1cn(-c3ccccc3)nn1)C2. The van der Waals surface area contributed by atoms with Gasteiger partial charge in [0.2, 0.25) is 0 Å². The quantitative estimate of drug-likeness (QED) is 0.762. The van der Waals surface area contributed by atoms with Gasteiger partial charge in [-0.05, 0) is 31.0 Å². The largest absolute Gasteiger partial charge is 0.387 e. The van der Waals surface area contributed by atoms with E-state index in [9.17, 15) is 9.90 Å². The standard InChI is InChI=1S/C19H22N6O2/c1-2-18(26)16-11-15-12-23(9-6-10-24(15)21-16)19(27)17-13-25(22-20-17)14-7-4-3-5-8-14/h3-5,7-8,11,13,18,26H,2,6,9-10,12H2,1H3. The van der Waals surface area contributed by atoms with Crippen LogP contribution in [0, 0.1) is 0 Å². The van der Waals surface area contributed by atoms with Crippen molar-refractivity contribution in [2.45, 2.75) is 39.0 Å². The van der Waals surface area contributed by atoms with Gasteiger partial charge in [0, 0.05) is 13.1 Å². The van der Waals surface area contributed by atoms with Gasteiger partial charge in [-0.25, -0.2) is 4.68 Å². The molecule has 0 saturated carbocycles. The molecule has 4 rings (SSSR count). The van der Waals surface area contributed by atoms with Crippen molar-refractivity contribution in [2.75, 3.05) is 6.54 Å². The van der Waals surface area contributed by atoms with E-state index in [1.807, 2.05) is 48.0 Å². The minimum atomic E-state index is -0.570. The van der Waals surface area contributed by atoms with Crippen molar-refractivity contribution in [3.63, 3.8) is 0 Å². The van der Waals surface area contributed by atoms with Crippen molar-refractivity contribution < 1.29 is 9.90 Å². The van der Waals surface area contributed by atoms with Gasteiger partial charge in [-0.3, -0.25) is 9.48 Å². The van der Waals surface area contributed by atoms with Crippen molar-refractivity contribution in [1.82, 2.24) is 29.7 Å². The maximum absolute atomic E-state index is 12.9. The van der Waals surface area contributed by atoms with E-state index in [0.717, 1.165) is 24.3 Å². The Morgan fingerprint density at radius 1 is 1.26 bits per heavy atom. The minimum absolute atomic E-state index is 0.149. The number of aliphatic hydroxyl groups is 1. The number of hydrogen-bond acceptors (Lipinski definition) is 5. The number of carbonyl (C=O) groups excluding carboxylic acids is 1. The van der Waals surface area contributed by atoms with Gasteiger partial charge in [0.15, 0.2) is 5.69 Å². The van der Waals surface area contributed by atoms with Crippen LogP contribution in [-0.4, -0.2) is 47.2 Å². The average Bonchev–Trinajstić information content (AvgIpc) is 3.30. The molecule has 1 aliphatic heterocycles. The van der Waals surface area contributed by atoms with Gasteiger partial charge >= 0.3 is 0 Å². The number of para-hydroxylation sites is 1. The van der Waals surface area contributed by atoms with E-state index in [1.54, 1.807) is 15.8 Å². The van der Waals surface area contributed by atoms with E-state index < -0.39 is 6.10 Å². The Morgan fingerprint density at radius 2 is 2.07 bits per heavy atom. The summed E-state index contributed by atoms with van der Waals surface area (Å²) in [6, 6.07) is 11.5. The number of nitrogens with zero attached hydrogens (tertiary/aromatic N) is 6. The van der Waals surface area contributed by atoms with E-state index >= 15 is 0 Å². The number of aliphatic hydroxyl groups excluding tert-OH is 1. The van der Waals surface area contributed by atoms with Gasteiger partial charge in [-0.1, -0.05) is 30.3 Å². The first-order valence-corrected chi connectivity index (χ1v) is 9.17. The molecule has 27 heavy (non-hydrogen) atoms. The zero-order chi connectivity index (χ0) is 18.8. The molecule has 0 bridgehead atoms. The van der Waals surface area contributed by atoms with Crippen LogP contribution in [0.15, 0.2) is 42.6 Å². The maximum atomic E-state index is 12.9. The van der Waals surface area contributed by atoms with Crippen LogP contribution in [0.2, 0.25) is 0 Å². The van der Waals surface area contributed by atoms with E-state index in [-0.39, 0.29) is 5.91 Å². The molecule has 1 unspecified atom stereocenters. The van der Waals surface area contributed by atoms with Crippen LogP contribution in [0.1, 0.15) is 47.7 Å². The molecule has 3 aromatic rings. The molecule has 0 spiro atoms. The highest BCUT2D eigenvalue weighted by atomic mass is 16.3. The van der Waals surface area contributed by atoms with Gasteiger partial charge in [-0.15, -0.1) is 5.10 Å². The molecule has 1 N–H and O–H groups in total. The van der Waals surface area contributed by atoms with Crippen molar-refractivity contribution in [3.05, 3.63) is 59.7 Å². The van der Waals surface area contributed by atoms with Crippen molar-refractivity contribution in [3.8, 4) is 5.69 Å². The molecule has 0 aliphatic carbocycles. The minimum Gasteiger partial charge on any atom is -0.387 e. The lowest BCUT2D eigenvalue weighted by molar-refractivity contribution is 0.0739. The molecule has 1 aliphatic rings. The smallest absolute Gasteiger partial charge is 0.276 e. The number of fused-ring (bicyclic) bond motifs is 1. The molecule has 8 heteroatoms. The summed E-state index contributed by atoms with van der Waals surface area (Å²) in [5.74, 6) is -0.149. The van der Waals surface area contributed by atoms with Crippen molar-refractivity contribution >= 4 is 5.91 Å². The molecule has 1 amide bonds. The lowest BCUT2D eigenvalue weighted by Crippen LogP contribution is -2.31. The topological polar surface area (TPSA) is 89.1 Å². The van der Waals surface area contributed by atoms with Crippen molar-refractivity contribution in [2.24, 2.45) is 0 Å². The fourth-order valence-electron chi connectivity index (χ4n) is 3.26. The number of aromatic nitrogens is 5. The lowest BCUT2D eigenvalue weighted by atomic mass is 10.2. The highest BCUT2D eigenvalue weighted by molar-refractivity contribution is 5.92. The fraction of sp³-hybridized carbons (Fsp3) is 0.368. The second-order valence-electron chi connectivity index (χ2n) is 6.67. The van der Waals surface area contributed by atoms with Crippen LogP contribution < -0.4 is 0 Å². The Labute approximate surface area is 157 Å². The number of benzene rings is 1. The molecule has 1 atom stereocenters. The summed E-state index contributed by atoms with van der Waals surface area (Å²) < 4.78 is 3.49. The second-order valence-corrected chi connectivity index (χ2v) is 6.67. The Bertz CT molecular complexity index is 933. The van der Waals surface area contributed by atoms with Crippen molar-refractivity contribution in [1.29, 1.82) is 0 Å². The summed E-state index contributed by atoms with van der Waals surface area (Å²) in [6.45, 7) is 3.72. The van der Waals surface area contributed by atoms with Crippen LogP contribution in [0.25, 0.3) is 5.69 Å². The van der Waals surface area contributed by atoms with Gasteiger partial charge in [-0.2, -0.15) is 5.10 Å².